The molecule has 0 amide bonds. The minimum atomic E-state index is -1.02. The topological polar surface area (TPSA) is 81.8 Å². The third kappa shape index (κ3) is 4.44. The van der Waals surface area contributed by atoms with Crippen LogP contribution in [-0.2, 0) is 11.2 Å². The summed E-state index contributed by atoms with van der Waals surface area (Å²) in [5.74, 6) is 0.00310. The van der Waals surface area contributed by atoms with Gasteiger partial charge in [0.25, 0.3) is 0 Å². The predicted octanol–water partition coefficient (Wildman–Crippen LogP) is 1.83. The Bertz CT molecular complexity index is 431. The van der Waals surface area contributed by atoms with E-state index < -0.39 is 12.1 Å². The molecule has 1 aromatic rings. The summed E-state index contributed by atoms with van der Waals surface area (Å²) in [7, 11) is 0. The molecule has 3 N–H and O–H groups in total. The maximum absolute atomic E-state index is 10.9. The van der Waals surface area contributed by atoms with Crippen LogP contribution in [0, 0.1) is 0 Å². The zero-order chi connectivity index (χ0) is 14.4. The molecule has 0 saturated heterocycles. The number of carboxylic acids is 1. The van der Waals surface area contributed by atoms with Crippen molar-refractivity contribution in [3.8, 4) is 11.5 Å². The van der Waals surface area contributed by atoms with E-state index in [1.165, 1.54) is 6.92 Å². The molecule has 5 nitrogen and oxygen atoms in total. The van der Waals surface area contributed by atoms with Crippen molar-refractivity contribution in [3.05, 3.63) is 23.8 Å². The maximum atomic E-state index is 10.9. The number of carboxylic acid groups (broad SMARTS) is 1. The third-order valence-corrected chi connectivity index (χ3v) is 2.54. The average Bonchev–Trinajstić information content (AvgIpc) is 2.32. The molecule has 0 bridgehead atoms. The number of nitrogens with two attached hydrogens (primary N) is 1. The Morgan fingerprint density at radius 2 is 2.11 bits per heavy atom. The summed E-state index contributed by atoms with van der Waals surface area (Å²) < 4.78 is 11.0. The van der Waals surface area contributed by atoms with Gasteiger partial charge in [-0.05, 0) is 38.8 Å². The van der Waals surface area contributed by atoms with Gasteiger partial charge in [-0.1, -0.05) is 12.1 Å². The quantitative estimate of drug-likeness (QED) is 0.787. The molecule has 0 aliphatic rings. The summed E-state index contributed by atoms with van der Waals surface area (Å²) in [4.78, 5) is 10.9. The summed E-state index contributed by atoms with van der Waals surface area (Å²) in [5, 5.41) is 8.95. The van der Waals surface area contributed by atoms with Gasteiger partial charge >= 0.3 is 5.97 Å². The molecule has 106 valence electrons. The summed E-state index contributed by atoms with van der Waals surface area (Å²) in [5.41, 5.74) is 6.65. The molecule has 0 aliphatic carbocycles. The van der Waals surface area contributed by atoms with E-state index >= 15 is 0 Å². The second-order valence-corrected chi connectivity index (χ2v) is 4.46. The van der Waals surface area contributed by atoms with E-state index in [-0.39, 0.29) is 6.04 Å². The van der Waals surface area contributed by atoms with Crippen LogP contribution in [0.5, 0.6) is 11.5 Å². The Labute approximate surface area is 113 Å². The lowest BCUT2D eigenvalue weighted by Gasteiger charge is -2.19. The van der Waals surface area contributed by atoms with Crippen LogP contribution < -0.4 is 15.2 Å². The highest BCUT2D eigenvalue weighted by Gasteiger charge is 2.19. The van der Waals surface area contributed by atoms with Gasteiger partial charge in [0.2, 0.25) is 0 Å². The van der Waals surface area contributed by atoms with Crippen LogP contribution in [0.3, 0.4) is 0 Å². The molecule has 1 aromatic carbocycles. The van der Waals surface area contributed by atoms with E-state index in [2.05, 4.69) is 0 Å². The maximum Gasteiger partial charge on any atom is 0.344 e. The fraction of sp³-hybridized carbons (Fsp3) is 0.500. The molecule has 2 unspecified atom stereocenters. The lowest BCUT2D eigenvalue weighted by atomic mass is 10.1. The average molecular weight is 267 g/mol. The highest BCUT2D eigenvalue weighted by Crippen LogP contribution is 2.33. The van der Waals surface area contributed by atoms with Crippen molar-refractivity contribution in [1.29, 1.82) is 0 Å². The Kier molecular flexibility index (Phi) is 5.63. The van der Waals surface area contributed by atoms with Crippen molar-refractivity contribution in [1.82, 2.24) is 0 Å². The van der Waals surface area contributed by atoms with E-state index in [1.807, 2.05) is 26.0 Å². The van der Waals surface area contributed by atoms with Gasteiger partial charge in [0.1, 0.15) is 0 Å². The van der Waals surface area contributed by atoms with Crippen LogP contribution in [0.15, 0.2) is 18.2 Å². The SMILES string of the molecule is CCOc1cccc(CC(C)N)c1OC(C)C(=O)O. The van der Waals surface area contributed by atoms with Crippen molar-refractivity contribution in [2.75, 3.05) is 6.61 Å². The first-order chi connectivity index (χ1) is 8.95. The Morgan fingerprint density at radius 1 is 1.42 bits per heavy atom. The minimum Gasteiger partial charge on any atom is -0.490 e. The number of rotatable bonds is 7. The number of hydrogen-bond acceptors (Lipinski definition) is 4. The monoisotopic (exact) mass is 267 g/mol. The molecule has 19 heavy (non-hydrogen) atoms. The first kappa shape index (κ1) is 15.3. The van der Waals surface area contributed by atoms with Crippen LogP contribution in [-0.4, -0.2) is 29.8 Å². The molecule has 0 radical (unpaired) electrons. The summed E-state index contributed by atoms with van der Waals surface area (Å²) in [6.07, 6.45) is -0.337. The smallest absolute Gasteiger partial charge is 0.344 e. The molecular formula is C14H21NO4. The van der Waals surface area contributed by atoms with E-state index in [1.54, 1.807) is 6.07 Å². The number of carbonyl (C=O) groups is 1. The predicted molar refractivity (Wildman–Crippen MR) is 72.7 cm³/mol. The molecular weight excluding hydrogens is 246 g/mol. The Balaban J connectivity index is 3.09. The van der Waals surface area contributed by atoms with Gasteiger partial charge in [0, 0.05) is 6.04 Å². The highest BCUT2D eigenvalue weighted by molar-refractivity contribution is 5.72. The lowest BCUT2D eigenvalue weighted by molar-refractivity contribution is -0.144. The summed E-state index contributed by atoms with van der Waals surface area (Å²) >= 11 is 0. The van der Waals surface area contributed by atoms with Crippen molar-refractivity contribution >= 4 is 5.97 Å². The minimum absolute atomic E-state index is 0.0423. The van der Waals surface area contributed by atoms with E-state index in [9.17, 15) is 4.79 Å². The van der Waals surface area contributed by atoms with Crippen LogP contribution in [0.1, 0.15) is 26.3 Å². The largest absolute Gasteiger partial charge is 0.490 e. The first-order valence-electron chi connectivity index (χ1n) is 6.35. The zero-order valence-electron chi connectivity index (χ0n) is 11.6. The summed E-state index contributed by atoms with van der Waals surface area (Å²) in [6, 6.07) is 5.44. The van der Waals surface area contributed by atoms with Crippen molar-refractivity contribution in [2.24, 2.45) is 5.73 Å². The Hall–Kier alpha value is -1.75. The summed E-state index contributed by atoms with van der Waals surface area (Å²) in [6.45, 7) is 5.72. The van der Waals surface area contributed by atoms with E-state index in [0.29, 0.717) is 24.5 Å². The second-order valence-electron chi connectivity index (χ2n) is 4.46. The zero-order valence-corrected chi connectivity index (χ0v) is 11.6. The van der Waals surface area contributed by atoms with Crippen molar-refractivity contribution in [3.63, 3.8) is 0 Å². The highest BCUT2D eigenvalue weighted by atomic mass is 16.5. The molecule has 2 atom stereocenters. The first-order valence-corrected chi connectivity index (χ1v) is 6.35. The standard InChI is InChI=1S/C14H21NO4/c1-4-18-12-7-5-6-11(8-9(2)15)13(12)19-10(3)14(16)17/h5-7,9-10H,4,8,15H2,1-3H3,(H,16,17). The Morgan fingerprint density at radius 3 is 2.63 bits per heavy atom. The number of aliphatic carboxylic acids is 1. The van der Waals surface area contributed by atoms with Crippen LogP contribution in [0.4, 0.5) is 0 Å². The normalized spacial score (nSPS) is 13.7. The van der Waals surface area contributed by atoms with Crippen molar-refractivity contribution in [2.45, 2.75) is 39.3 Å². The lowest BCUT2D eigenvalue weighted by Crippen LogP contribution is -2.25. The van der Waals surface area contributed by atoms with Gasteiger partial charge in [0.05, 0.1) is 6.61 Å². The molecule has 5 heteroatoms. The molecule has 0 spiro atoms. The van der Waals surface area contributed by atoms with Crippen LogP contribution in [0.25, 0.3) is 0 Å². The van der Waals surface area contributed by atoms with Crippen LogP contribution in [0.2, 0.25) is 0 Å². The van der Waals surface area contributed by atoms with Crippen molar-refractivity contribution < 1.29 is 19.4 Å². The fourth-order valence-corrected chi connectivity index (χ4v) is 1.70. The molecule has 0 aliphatic heterocycles. The number of benzene rings is 1. The van der Waals surface area contributed by atoms with Gasteiger partial charge in [0.15, 0.2) is 17.6 Å². The van der Waals surface area contributed by atoms with E-state index in [0.717, 1.165) is 5.56 Å². The fourth-order valence-electron chi connectivity index (χ4n) is 1.70. The van der Waals surface area contributed by atoms with Gasteiger partial charge in [-0.25, -0.2) is 4.79 Å². The van der Waals surface area contributed by atoms with Gasteiger partial charge in [-0.3, -0.25) is 0 Å². The molecule has 1 rings (SSSR count). The number of para-hydroxylation sites is 1. The van der Waals surface area contributed by atoms with Gasteiger partial charge < -0.3 is 20.3 Å². The molecule has 0 saturated carbocycles. The van der Waals surface area contributed by atoms with Crippen LogP contribution >= 0.6 is 0 Å². The second kappa shape index (κ2) is 6.99. The molecule has 0 fully saturated rings. The molecule has 0 aromatic heterocycles. The molecule has 0 heterocycles. The van der Waals surface area contributed by atoms with Gasteiger partial charge in [-0.2, -0.15) is 0 Å². The number of ether oxygens (including phenoxy) is 2. The third-order valence-electron chi connectivity index (χ3n) is 2.54. The number of hydrogen-bond donors (Lipinski definition) is 2. The van der Waals surface area contributed by atoms with Gasteiger partial charge in [-0.15, -0.1) is 0 Å². The van der Waals surface area contributed by atoms with E-state index in [4.69, 9.17) is 20.3 Å².